The first-order valence-electron chi connectivity index (χ1n) is 3.86. The fraction of sp³-hybridized carbons (Fsp3) is 0.333. The summed E-state index contributed by atoms with van der Waals surface area (Å²) in [6, 6.07) is 4.04. The number of alkyl halides is 2. The lowest BCUT2D eigenvalue weighted by atomic mass is 10.1. The lowest BCUT2D eigenvalue weighted by Crippen LogP contribution is -2.07. The number of aliphatic hydroxyl groups excluding tert-OH is 1. The summed E-state index contributed by atoms with van der Waals surface area (Å²) in [5.41, 5.74) is 0.0748. The Hall–Kier alpha value is -0.870. The van der Waals surface area contributed by atoms with Gasteiger partial charge >= 0.3 is 0 Å². The van der Waals surface area contributed by atoms with Crippen molar-refractivity contribution < 1.29 is 18.6 Å². The fourth-order valence-corrected chi connectivity index (χ4v) is 1.28. The molecule has 5 heteroatoms. The van der Waals surface area contributed by atoms with Gasteiger partial charge in [-0.2, -0.15) is 0 Å². The first-order valence-corrected chi connectivity index (χ1v) is 4.23. The van der Waals surface area contributed by atoms with Gasteiger partial charge in [-0.15, -0.1) is 0 Å². The molecule has 14 heavy (non-hydrogen) atoms. The SMILES string of the molecule is COc1ccc(C(O)C(F)F)cc1Cl. The van der Waals surface area contributed by atoms with Crippen molar-refractivity contribution in [3.8, 4) is 5.75 Å². The maximum atomic E-state index is 12.1. The van der Waals surface area contributed by atoms with Gasteiger partial charge < -0.3 is 9.84 Å². The van der Waals surface area contributed by atoms with Crippen LogP contribution in [0.2, 0.25) is 5.02 Å². The molecule has 0 saturated carbocycles. The average molecular weight is 223 g/mol. The molecule has 78 valence electrons. The molecule has 0 aliphatic heterocycles. The van der Waals surface area contributed by atoms with Crippen molar-refractivity contribution in [2.24, 2.45) is 0 Å². The van der Waals surface area contributed by atoms with E-state index in [2.05, 4.69) is 0 Å². The minimum Gasteiger partial charge on any atom is -0.495 e. The Morgan fingerprint density at radius 3 is 2.50 bits per heavy atom. The Balaban J connectivity index is 2.96. The van der Waals surface area contributed by atoms with Gasteiger partial charge in [0.15, 0.2) is 0 Å². The Bertz CT molecular complexity index is 318. The number of methoxy groups -OCH3 is 1. The van der Waals surface area contributed by atoms with E-state index in [0.29, 0.717) is 5.75 Å². The van der Waals surface area contributed by atoms with Crippen molar-refractivity contribution in [2.45, 2.75) is 12.5 Å². The second kappa shape index (κ2) is 4.57. The first-order chi connectivity index (χ1) is 6.56. The van der Waals surface area contributed by atoms with Gasteiger partial charge in [0.2, 0.25) is 0 Å². The highest BCUT2D eigenvalue weighted by Crippen LogP contribution is 2.29. The molecule has 1 rings (SSSR count). The molecule has 0 radical (unpaired) electrons. The van der Waals surface area contributed by atoms with Crippen LogP contribution in [0.15, 0.2) is 18.2 Å². The molecule has 0 saturated heterocycles. The lowest BCUT2D eigenvalue weighted by Gasteiger charge is -2.11. The van der Waals surface area contributed by atoms with Crippen molar-refractivity contribution in [3.63, 3.8) is 0 Å². The van der Waals surface area contributed by atoms with Gasteiger partial charge in [-0.1, -0.05) is 17.7 Å². The van der Waals surface area contributed by atoms with Crippen LogP contribution in [0, 0.1) is 0 Å². The predicted molar refractivity (Wildman–Crippen MR) is 49.0 cm³/mol. The lowest BCUT2D eigenvalue weighted by molar-refractivity contribution is -0.00579. The molecular weight excluding hydrogens is 214 g/mol. The third kappa shape index (κ3) is 2.33. The van der Waals surface area contributed by atoms with Gasteiger partial charge in [-0.25, -0.2) is 8.78 Å². The van der Waals surface area contributed by atoms with Gasteiger partial charge in [0.25, 0.3) is 6.43 Å². The zero-order valence-corrected chi connectivity index (χ0v) is 8.13. The van der Waals surface area contributed by atoms with Crippen molar-refractivity contribution in [3.05, 3.63) is 28.8 Å². The van der Waals surface area contributed by atoms with E-state index in [9.17, 15) is 8.78 Å². The van der Waals surface area contributed by atoms with Crippen LogP contribution in [0.25, 0.3) is 0 Å². The summed E-state index contributed by atoms with van der Waals surface area (Å²) in [4.78, 5) is 0. The van der Waals surface area contributed by atoms with E-state index in [1.807, 2.05) is 0 Å². The number of hydrogen-bond donors (Lipinski definition) is 1. The number of benzene rings is 1. The summed E-state index contributed by atoms with van der Waals surface area (Å²) in [5.74, 6) is 0.386. The first kappa shape index (κ1) is 11.2. The number of ether oxygens (including phenoxy) is 1. The summed E-state index contributed by atoms with van der Waals surface area (Å²) in [6.45, 7) is 0. The topological polar surface area (TPSA) is 29.5 Å². The molecule has 0 heterocycles. The van der Waals surface area contributed by atoms with Crippen LogP contribution >= 0.6 is 11.6 Å². The molecule has 0 spiro atoms. The van der Waals surface area contributed by atoms with Gasteiger partial charge in [0.05, 0.1) is 12.1 Å². The Morgan fingerprint density at radius 1 is 1.43 bits per heavy atom. The highest BCUT2D eigenvalue weighted by molar-refractivity contribution is 6.32. The number of aliphatic hydroxyl groups is 1. The number of hydrogen-bond acceptors (Lipinski definition) is 2. The minimum atomic E-state index is -2.82. The van der Waals surface area contributed by atoms with E-state index in [1.165, 1.54) is 25.3 Å². The summed E-state index contributed by atoms with van der Waals surface area (Å²) in [6.07, 6.45) is -4.63. The molecule has 0 aliphatic carbocycles. The summed E-state index contributed by atoms with van der Waals surface area (Å²) in [7, 11) is 1.42. The summed E-state index contributed by atoms with van der Waals surface area (Å²) >= 11 is 5.70. The van der Waals surface area contributed by atoms with Crippen LogP contribution in [-0.2, 0) is 0 Å². The molecule has 0 aromatic heterocycles. The second-order valence-corrected chi connectivity index (χ2v) is 3.08. The van der Waals surface area contributed by atoms with Crippen LogP contribution in [0.1, 0.15) is 11.7 Å². The average Bonchev–Trinajstić information content (AvgIpc) is 2.16. The molecular formula is C9H9ClF2O2. The van der Waals surface area contributed by atoms with E-state index in [4.69, 9.17) is 21.4 Å². The number of halogens is 3. The predicted octanol–water partition coefficient (Wildman–Crippen LogP) is 2.65. The standard InChI is InChI=1S/C9H9ClF2O2/c1-14-7-3-2-5(4-6(7)10)8(13)9(11)12/h2-4,8-9,13H,1H3. The highest BCUT2D eigenvalue weighted by Gasteiger charge is 2.19. The summed E-state index contributed by atoms with van der Waals surface area (Å²) < 4.78 is 29.0. The zero-order chi connectivity index (χ0) is 10.7. The van der Waals surface area contributed by atoms with Crippen molar-refractivity contribution in [2.75, 3.05) is 7.11 Å². The maximum Gasteiger partial charge on any atom is 0.268 e. The van der Waals surface area contributed by atoms with Crippen molar-refractivity contribution in [1.82, 2.24) is 0 Å². The smallest absolute Gasteiger partial charge is 0.268 e. The molecule has 1 aromatic rings. The molecule has 0 fully saturated rings. The van der Waals surface area contributed by atoms with Crippen molar-refractivity contribution >= 4 is 11.6 Å². The largest absolute Gasteiger partial charge is 0.495 e. The Kier molecular flexibility index (Phi) is 3.66. The Labute approximate surface area is 85.1 Å². The molecule has 1 N–H and O–H groups in total. The molecule has 1 atom stereocenters. The third-order valence-corrected chi connectivity index (χ3v) is 2.05. The fourth-order valence-electron chi connectivity index (χ4n) is 1.01. The second-order valence-electron chi connectivity index (χ2n) is 2.67. The van der Waals surface area contributed by atoms with E-state index >= 15 is 0 Å². The monoisotopic (exact) mass is 222 g/mol. The molecule has 1 unspecified atom stereocenters. The molecule has 0 aliphatic rings. The van der Waals surface area contributed by atoms with E-state index in [-0.39, 0.29) is 10.6 Å². The van der Waals surface area contributed by atoms with Crippen LogP contribution < -0.4 is 4.74 Å². The Morgan fingerprint density at radius 2 is 2.07 bits per heavy atom. The maximum absolute atomic E-state index is 12.1. The van der Waals surface area contributed by atoms with Gasteiger partial charge in [0.1, 0.15) is 11.9 Å². The van der Waals surface area contributed by atoms with Crippen LogP contribution in [0.4, 0.5) is 8.78 Å². The quantitative estimate of drug-likeness (QED) is 0.852. The van der Waals surface area contributed by atoms with Crippen molar-refractivity contribution in [1.29, 1.82) is 0 Å². The van der Waals surface area contributed by atoms with Gasteiger partial charge in [0, 0.05) is 0 Å². The molecule has 0 amide bonds. The summed E-state index contributed by atoms with van der Waals surface area (Å²) in [5, 5.41) is 9.24. The normalized spacial score (nSPS) is 13.0. The van der Waals surface area contributed by atoms with E-state index < -0.39 is 12.5 Å². The van der Waals surface area contributed by atoms with Gasteiger partial charge in [-0.3, -0.25) is 0 Å². The zero-order valence-electron chi connectivity index (χ0n) is 7.38. The molecule has 2 nitrogen and oxygen atoms in total. The van der Waals surface area contributed by atoms with E-state index in [0.717, 1.165) is 0 Å². The molecule has 1 aromatic carbocycles. The van der Waals surface area contributed by atoms with Crippen LogP contribution in [-0.4, -0.2) is 18.6 Å². The van der Waals surface area contributed by atoms with Gasteiger partial charge in [-0.05, 0) is 17.7 Å². The minimum absolute atomic E-state index is 0.0748. The van der Waals surface area contributed by atoms with Crippen LogP contribution in [0.5, 0.6) is 5.75 Å². The highest BCUT2D eigenvalue weighted by atomic mass is 35.5. The molecule has 0 bridgehead atoms. The number of rotatable bonds is 3. The van der Waals surface area contributed by atoms with E-state index in [1.54, 1.807) is 0 Å². The van der Waals surface area contributed by atoms with Crippen LogP contribution in [0.3, 0.4) is 0 Å². The third-order valence-electron chi connectivity index (χ3n) is 1.76.